The molecule has 0 aromatic heterocycles. The Balaban J connectivity index is 1.21. The Labute approximate surface area is 256 Å². The van der Waals surface area contributed by atoms with E-state index in [4.69, 9.17) is 0 Å². The minimum absolute atomic E-state index is 0.252. The lowest BCUT2D eigenvalue weighted by Crippen LogP contribution is -2.64. The number of hydrogen-bond acceptors (Lipinski definition) is 0. The molecule has 1 aromatic carbocycles. The number of allylic oxidation sites excluding steroid dienone is 3. The molecule has 1 aromatic rings. The van der Waals surface area contributed by atoms with E-state index >= 15 is 0 Å². The SMILES string of the molecule is CC=Cc1c(C2(C)C(C)C=C3CC4CC2C34)cc(C2(C)C3CC4CC(C3)CC2C4)cc1C1(C)C(C)CC2CC3CC1C23. The highest BCUT2D eigenvalue weighted by Crippen LogP contribution is 2.72. The number of benzene rings is 1. The lowest BCUT2D eigenvalue weighted by Gasteiger charge is -2.70. The fourth-order valence-corrected chi connectivity index (χ4v) is 15.2. The van der Waals surface area contributed by atoms with Crippen molar-refractivity contribution in [1.82, 2.24) is 0 Å². The third-order valence-corrected chi connectivity index (χ3v) is 17.9. The summed E-state index contributed by atoms with van der Waals surface area (Å²) in [6.45, 7) is 15.9. The van der Waals surface area contributed by atoms with E-state index in [1.54, 1.807) is 35.1 Å². The van der Waals surface area contributed by atoms with Crippen molar-refractivity contribution in [2.45, 2.75) is 122 Å². The second-order valence-electron chi connectivity index (χ2n) is 18.8. The van der Waals surface area contributed by atoms with Crippen LogP contribution >= 0.6 is 0 Å². The molecule has 10 aliphatic carbocycles. The maximum absolute atomic E-state index is 2.91. The molecule has 42 heavy (non-hydrogen) atoms. The molecular formula is C42H56. The molecule has 11 unspecified atom stereocenters. The minimum Gasteiger partial charge on any atom is -0.0870 e. The Bertz CT molecular complexity index is 1390. The van der Waals surface area contributed by atoms with E-state index in [0.717, 1.165) is 71.0 Å². The Hall–Kier alpha value is -1.30. The third-order valence-electron chi connectivity index (χ3n) is 17.9. The molecule has 11 atom stereocenters. The number of rotatable bonds is 4. The molecule has 0 heteroatoms. The monoisotopic (exact) mass is 560 g/mol. The first-order chi connectivity index (χ1) is 20.1. The summed E-state index contributed by atoms with van der Waals surface area (Å²) >= 11 is 0. The van der Waals surface area contributed by atoms with Gasteiger partial charge < -0.3 is 0 Å². The fourth-order valence-electron chi connectivity index (χ4n) is 15.2. The van der Waals surface area contributed by atoms with Crippen LogP contribution in [-0.4, -0.2) is 0 Å². The van der Waals surface area contributed by atoms with Gasteiger partial charge in [0.1, 0.15) is 0 Å². The van der Waals surface area contributed by atoms with Gasteiger partial charge in [-0.15, -0.1) is 0 Å². The van der Waals surface area contributed by atoms with Crippen LogP contribution in [-0.2, 0) is 16.2 Å². The number of hydrogen-bond donors (Lipinski definition) is 0. The van der Waals surface area contributed by atoms with E-state index in [9.17, 15) is 0 Å². The van der Waals surface area contributed by atoms with Gasteiger partial charge in [-0.3, -0.25) is 0 Å². The molecule has 9 saturated carbocycles. The van der Waals surface area contributed by atoms with Crippen LogP contribution in [0.2, 0.25) is 0 Å². The average molecular weight is 561 g/mol. The van der Waals surface area contributed by atoms with Gasteiger partial charge >= 0.3 is 0 Å². The quantitative estimate of drug-likeness (QED) is 0.321. The van der Waals surface area contributed by atoms with Gasteiger partial charge in [-0.25, -0.2) is 0 Å². The second-order valence-corrected chi connectivity index (χ2v) is 18.8. The van der Waals surface area contributed by atoms with Crippen molar-refractivity contribution >= 4 is 6.08 Å². The second kappa shape index (κ2) is 8.10. The molecule has 0 nitrogen and oxygen atoms in total. The normalized spacial score (nSPS) is 57.4. The molecule has 11 rings (SSSR count). The summed E-state index contributed by atoms with van der Waals surface area (Å²) in [4.78, 5) is 0. The van der Waals surface area contributed by atoms with Crippen LogP contribution in [0.4, 0.5) is 0 Å². The summed E-state index contributed by atoms with van der Waals surface area (Å²) in [5.74, 6) is 12.1. The van der Waals surface area contributed by atoms with Crippen LogP contribution in [0.1, 0.15) is 128 Å². The van der Waals surface area contributed by atoms with Gasteiger partial charge in [0, 0.05) is 5.41 Å². The van der Waals surface area contributed by atoms with Gasteiger partial charge in [0.15, 0.2) is 0 Å². The standard InChI is InChI=1S/C42H56/c1-7-8-33-34(40(4)22(2)9-26-16-28-18-36(40)38(26)28)20-32(42(6)30-12-24-11-25(14-30)15-31(42)13-24)21-35(33)41(5)23(3)10-27-17-29-19-37(41)39(27)29/h7-9,20-25,27-31,36-39H,10-19H2,1-6H3. The lowest BCUT2D eigenvalue weighted by atomic mass is 9.35. The van der Waals surface area contributed by atoms with E-state index in [1.165, 1.54) is 51.4 Å². The van der Waals surface area contributed by atoms with Gasteiger partial charge in [-0.1, -0.05) is 70.6 Å². The summed E-state index contributed by atoms with van der Waals surface area (Å²) in [7, 11) is 0. The zero-order valence-corrected chi connectivity index (χ0v) is 27.5. The Morgan fingerprint density at radius 2 is 1.33 bits per heavy atom. The van der Waals surface area contributed by atoms with Gasteiger partial charge in [0.25, 0.3) is 0 Å². The fraction of sp³-hybridized carbons (Fsp3) is 0.762. The topological polar surface area (TPSA) is 0 Å². The molecule has 10 aliphatic rings. The molecule has 0 heterocycles. The minimum atomic E-state index is 0.252. The molecular weight excluding hydrogens is 504 g/mol. The van der Waals surface area contributed by atoms with Crippen molar-refractivity contribution in [2.75, 3.05) is 0 Å². The molecule has 224 valence electrons. The van der Waals surface area contributed by atoms with Crippen LogP contribution in [0, 0.1) is 76.9 Å². The van der Waals surface area contributed by atoms with Gasteiger partial charge in [-0.2, -0.15) is 0 Å². The summed E-state index contributed by atoms with van der Waals surface area (Å²) in [6, 6.07) is 5.81. The van der Waals surface area contributed by atoms with Crippen molar-refractivity contribution < 1.29 is 0 Å². The average Bonchev–Trinajstić information content (AvgIpc) is 2.92. The van der Waals surface area contributed by atoms with Crippen molar-refractivity contribution in [3.05, 3.63) is 52.1 Å². The highest BCUT2D eigenvalue weighted by molar-refractivity contribution is 5.65. The highest BCUT2D eigenvalue weighted by atomic mass is 14.7. The van der Waals surface area contributed by atoms with Crippen LogP contribution in [0.5, 0.6) is 0 Å². The van der Waals surface area contributed by atoms with E-state index < -0.39 is 0 Å². The summed E-state index contributed by atoms with van der Waals surface area (Å²) in [6.07, 6.45) is 22.8. The smallest absolute Gasteiger partial charge is 0.00251 e. The molecule has 4 bridgehead atoms. The van der Waals surface area contributed by atoms with Crippen LogP contribution < -0.4 is 0 Å². The zero-order chi connectivity index (χ0) is 28.5. The zero-order valence-electron chi connectivity index (χ0n) is 27.5. The molecule has 0 saturated heterocycles. The van der Waals surface area contributed by atoms with E-state index in [2.05, 4.69) is 71.9 Å². The first-order valence-electron chi connectivity index (χ1n) is 18.7. The summed E-state index contributed by atoms with van der Waals surface area (Å²) in [5.41, 5.74) is 9.83. The van der Waals surface area contributed by atoms with Crippen molar-refractivity contribution in [2.24, 2.45) is 76.9 Å². The Morgan fingerprint density at radius 3 is 1.98 bits per heavy atom. The van der Waals surface area contributed by atoms with Gasteiger partial charge in [0.2, 0.25) is 0 Å². The Morgan fingerprint density at radius 1 is 0.690 bits per heavy atom. The van der Waals surface area contributed by atoms with Gasteiger partial charge in [0.05, 0.1) is 0 Å². The lowest BCUT2D eigenvalue weighted by molar-refractivity contribution is -0.175. The molecule has 0 amide bonds. The molecule has 0 N–H and O–H groups in total. The first kappa shape index (κ1) is 26.0. The van der Waals surface area contributed by atoms with Crippen molar-refractivity contribution in [3.63, 3.8) is 0 Å². The molecule has 0 spiro atoms. The largest absolute Gasteiger partial charge is 0.0870 e. The Kier molecular flexibility index (Phi) is 5.01. The predicted molar refractivity (Wildman–Crippen MR) is 174 cm³/mol. The third kappa shape index (κ3) is 2.82. The molecule has 0 aliphatic heterocycles. The summed E-state index contributed by atoms with van der Waals surface area (Å²) in [5, 5.41) is 0. The van der Waals surface area contributed by atoms with Gasteiger partial charge in [-0.05, 0) is 181 Å². The van der Waals surface area contributed by atoms with E-state index in [-0.39, 0.29) is 5.41 Å². The maximum Gasteiger partial charge on any atom is 0.00251 e. The van der Waals surface area contributed by atoms with Crippen LogP contribution in [0.3, 0.4) is 0 Å². The van der Waals surface area contributed by atoms with Crippen LogP contribution in [0.15, 0.2) is 29.9 Å². The van der Waals surface area contributed by atoms with E-state index in [1.807, 2.05) is 5.57 Å². The summed E-state index contributed by atoms with van der Waals surface area (Å²) < 4.78 is 0. The first-order valence-corrected chi connectivity index (χ1v) is 18.7. The van der Waals surface area contributed by atoms with Crippen molar-refractivity contribution in [3.8, 4) is 0 Å². The van der Waals surface area contributed by atoms with Crippen molar-refractivity contribution in [1.29, 1.82) is 0 Å². The molecule has 0 radical (unpaired) electrons. The predicted octanol–water partition coefficient (Wildman–Crippen LogP) is 10.5. The van der Waals surface area contributed by atoms with E-state index in [0.29, 0.717) is 16.7 Å². The van der Waals surface area contributed by atoms with Crippen LogP contribution in [0.25, 0.3) is 6.08 Å². The maximum atomic E-state index is 2.91. The molecule has 9 fully saturated rings. The highest BCUT2D eigenvalue weighted by Gasteiger charge is 2.66.